The van der Waals surface area contributed by atoms with Crippen LogP contribution in [0.5, 0.6) is 5.75 Å². The maximum Gasteiger partial charge on any atom is 0.287 e. The highest BCUT2D eigenvalue weighted by Crippen LogP contribution is 2.34. The smallest absolute Gasteiger partial charge is 0.287 e. The summed E-state index contributed by atoms with van der Waals surface area (Å²) in [6.07, 6.45) is 0.814. The van der Waals surface area contributed by atoms with Crippen molar-refractivity contribution in [3.05, 3.63) is 48.6 Å². The van der Waals surface area contributed by atoms with Gasteiger partial charge in [0.1, 0.15) is 16.8 Å². The normalized spacial score (nSPS) is 10.7. The van der Waals surface area contributed by atoms with Crippen molar-refractivity contribution in [3.8, 4) is 5.75 Å². The number of nitro benzene ring substituents is 1. The number of hydrogen-bond donors (Lipinski definition) is 0. The van der Waals surface area contributed by atoms with Crippen LogP contribution in [-0.4, -0.2) is 14.7 Å². The van der Waals surface area contributed by atoms with Gasteiger partial charge in [0.2, 0.25) is 0 Å². The first kappa shape index (κ1) is 16.0. The van der Waals surface area contributed by atoms with E-state index in [1.807, 2.05) is 14.0 Å². The zero-order valence-electron chi connectivity index (χ0n) is 11.5. The zero-order valence-corrected chi connectivity index (χ0v) is 14.6. The van der Waals surface area contributed by atoms with Crippen molar-refractivity contribution in [1.29, 1.82) is 0 Å². The highest BCUT2D eigenvalue weighted by molar-refractivity contribution is 9.11. The molecule has 0 radical (unpaired) electrons. The van der Waals surface area contributed by atoms with Gasteiger partial charge >= 0.3 is 0 Å². The van der Waals surface area contributed by atoms with Gasteiger partial charge in [-0.3, -0.25) is 14.8 Å². The molecule has 112 valence electrons. The molecule has 0 saturated carbocycles. The third kappa shape index (κ3) is 3.26. The van der Waals surface area contributed by atoms with Crippen molar-refractivity contribution in [3.63, 3.8) is 0 Å². The van der Waals surface area contributed by atoms with Gasteiger partial charge in [0, 0.05) is 13.1 Å². The summed E-state index contributed by atoms with van der Waals surface area (Å²) < 4.78 is 8.68. The second kappa shape index (κ2) is 6.57. The van der Waals surface area contributed by atoms with E-state index in [1.54, 1.807) is 16.8 Å². The molecule has 1 aromatic heterocycles. The van der Waals surface area contributed by atoms with Crippen LogP contribution in [0.2, 0.25) is 0 Å². The lowest BCUT2D eigenvalue weighted by Gasteiger charge is -2.09. The first-order valence-corrected chi connectivity index (χ1v) is 7.80. The van der Waals surface area contributed by atoms with E-state index in [0.717, 1.165) is 22.3 Å². The topological polar surface area (TPSA) is 70.2 Å². The molecule has 0 atom stereocenters. The number of aryl methyl sites for hydroxylation is 2. The van der Waals surface area contributed by atoms with E-state index in [4.69, 9.17) is 4.74 Å². The Morgan fingerprint density at radius 1 is 1.38 bits per heavy atom. The average Bonchev–Trinajstić information content (AvgIpc) is 2.72. The largest absolute Gasteiger partial charge is 0.486 e. The summed E-state index contributed by atoms with van der Waals surface area (Å²) in [6, 6.07) is 4.70. The van der Waals surface area contributed by atoms with E-state index in [1.165, 1.54) is 6.07 Å². The number of nitrogens with zero attached hydrogens (tertiary/aromatic N) is 3. The quantitative estimate of drug-likeness (QED) is 0.543. The Morgan fingerprint density at radius 2 is 2.10 bits per heavy atom. The summed E-state index contributed by atoms with van der Waals surface area (Å²) in [6.45, 7) is 2.29. The molecule has 2 rings (SSSR count). The van der Waals surface area contributed by atoms with E-state index in [-0.39, 0.29) is 12.3 Å². The number of aromatic nitrogens is 2. The third-order valence-electron chi connectivity index (χ3n) is 3.01. The summed E-state index contributed by atoms with van der Waals surface area (Å²) >= 11 is 6.72. The van der Waals surface area contributed by atoms with Gasteiger partial charge in [-0.15, -0.1) is 0 Å². The summed E-state index contributed by atoms with van der Waals surface area (Å²) in [7, 11) is 1.84. The Morgan fingerprint density at radius 3 is 2.67 bits per heavy atom. The Labute approximate surface area is 138 Å². The molecule has 0 bridgehead atoms. The van der Waals surface area contributed by atoms with Gasteiger partial charge < -0.3 is 4.74 Å². The van der Waals surface area contributed by atoms with Gasteiger partial charge in [0.25, 0.3) is 5.69 Å². The maximum atomic E-state index is 10.9. The Bertz CT molecular complexity index is 686. The molecule has 21 heavy (non-hydrogen) atoms. The van der Waals surface area contributed by atoms with Crippen molar-refractivity contribution >= 4 is 37.5 Å². The number of halogens is 2. The lowest BCUT2D eigenvalue weighted by Crippen LogP contribution is -2.04. The van der Waals surface area contributed by atoms with Crippen LogP contribution in [0.1, 0.15) is 18.3 Å². The van der Waals surface area contributed by atoms with Gasteiger partial charge in [-0.1, -0.05) is 13.0 Å². The molecular weight excluding hydrogens is 406 g/mol. The van der Waals surface area contributed by atoms with Crippen LogP contribution in [0.15, 0.2) is 27.1 Å². The molecule has 0 aliphatic rings. The number of rotatable bonds is 5. The van der Waals surface area contributed by atoms with Crippen molar-refractivity contribution in [1.82, 2.24) is 9.78 Å². The molecule has 2 aromatic rings. The Kier molecular flexibility index (Phi) is 5.00. The summed E-state index contributed by atoms with van der Waals surface area (Å²) in [4.78, 5) is 10.4. The number of hydrogen-bond acceptors (Lipinski definition) is 4. The molecule has 0 saturated heterocycles. The van der Waals surface area contributed by atoms with Crippen LogP contribution in [0, 0.1) is 10.1 Å². The fraction of sp³-hybridized carbons (Fsp3) is 0.308. The van der Waals surface area contributed by atoms with Gasteiger partial charge in [-0.25, -0.2) is 0 Å². The Hall–Kier alpha value is -1.41. The van der Waals surface area contributed by atoms with Crippen LogP contribution in [0.25, 0.3) is 0 Å². The summed E-state index contributed by atoms with van der Waals surface area (Å²) in [5.74, 6) is 0.426. The third-order valence-corrected chi connectivity index (χ3v) is 4.72. The van der Waals surface area contributed by atoms with E-state index >= 15 is 0 Å². The number of nitro groups is 1. The molecule has 0 N–H and O–H groups in total. The van der Waals surface area contributed by atoms with E-state index in [9.17, 15) is 10.1 Å². The molecule has 0 spiro atoms. The lowest BCUT2D eigenvalue weighted by molar-refractivity contribution is -0.385. The SMILES string of the molecule is CCc1nn(C)c(COc2cccc([N+](=O)[O-])c2Br)c1Br. The van der Waals surface area contributed by atoms with Crippen molar-refractivity contribution < 1.29 is 9.66 Å². The fourth-order valence-electron chi connectivity index (χ4n) is 1.87. The van der Waals surface area contributed by atoms with Gasteiger partial charge in [0.15, 0.2) is 0 Å². The molecule has 0 aliphatic heterocycles. The molecule has 1 heterocycles. The zero-order chi connectivity index (χ0) is 15.6. The molecule has 6 nitrogen and oxygen atoms in total. The minimum atomic E-state index is -0.452. The second-order valence-electron chi connectivity index (χ2n) is 4.32. The molecule has 0 unspecified atom stereocenters. The molecule has 0 aliphatic carbocycles. The molecule has 8 heteroatoms. The Balaban J connectivity index is 2.23. The maximum absolute atomic E-state index is 10.9. The predicted molar refractivity (Wildman–Crippen MR) is 85.4 cm³/mol. The summed E-state index contributed by atoms with van der Waals surface area (Å²) in [5, 5.41) is 15.3. The van der Waals surface area contributed by atoms with Crippen molar-refractivity contribution in [2.45, 2.75) is 20.0 Å². The second-order valence-corrected chi connectivity index (χ2v) is 5.91. The first-order valence-electron chi connectivity index (χ1n) is 6.21. The highest BCUT2D eigenvalue weighted by Gasteiger charge is 2.18. The minimum absolute atomic E-state index is 0.0224. The van der Waals surface area contributed by atoms with Crippen LogP contribution >= 0.6 is 31.9 Å². The molecular formula is C13H13Br2N3O3. The fourth-order valence-corrected chi connectivity index (χ4v) is 3.13. The van der Waals surface area contributed by atoms with Crippen LogP contribution < -0.4 is 4.74 Å². The van der Waals surface area contributed by atoms with Gasteiger partial charge in [-0.05, 0) is 44.3 Å². The van der Waals surface area contributed by atoms with E-state index < -0.39 is 4.92 Å². The lowest BCUT2D eigenvalue weighted by atomic mass is 10.3. The van der Waals surface area contributed by atoms with Crippen LogP contribution in [-0.2, 0) is 20.1 Å². The van der Waals surface area contributed by atoms with Gasteiger partial charge in [0.05, 0.1) is 20.8 Å². The van der Waals surface area contributed by atoms with E-state index in [2.05, 4.69) is 37.0 Å². The standard InChI is InChI=1S/C13H13Br2N3O3/c1-3-8-12(14)10(17(2)16-8)7-21-11-6-4-5-9(13(11)15)18(19)20/h4-6H,3,7H2,1-2H3. The summed E-state index contributed by atoms with van der Waals surface area (Å²) in [5.41, 5.74) is 1.81. The first-order chi connectivity index (χ1) is 9.95. The predicted octanol–water partition coefficient (Wildman–Crippen LogP) is 3.99. The minimum Gasteiger partial charge on any atom is -0.486 e. The molecule has 0 amide bonds. The number of ether oxygens (including phenoxy) is 1. The molecule has 0 fully saturated rings. The monoisotopic (exact) mass is 417 g/mol. The van der Waals surface area contributed by atoms with E-state index in [0.29, 0.717) is 10.2 Å². The van der Waals surface area contributed by atoms with Crippen LogP contribution in [0.4, 0.5) is 5.69 Å². The van der Waals surface area contributed by atoms with Crippen LogP contribution in [0.3, 0.4) is 0 Å². The van der Waals surface area contributed by atoms with Crippen molar-refractivity contribution in [2.24, 2.45) is 7.05 Å². The average molecular weight is 419 g/mol. The van der Waals surface area contributed by atoms with Gasteiger partial charge in [-0.2, -0.15) is 5.10 Å². The highest BCUT2D eigenvalue weighted by atomic mass is 79.9. The number of benzene rings is 1. The molecule has 1 aromatic carbocycles. The van der Waals surface area contributed by atoms with Crippen molar-refractivity contribution in [2.75, 3.05) is 0 Å².